The molecule has 0 unspecified atom stereocenters. The summed E-state index contributed by atoms with van der Waals surface area (Å²) in [6, 6.07) is 12.1. The molecule has 2 N–H and O–H groups in total. The van der Waals surface area contributed by atoms with Crippen molar-refractivity contribution in [1.29, 1.82) is 0 Å². The van der Waals surface area contributed by atoms with E-state index in [2.05, 4.69) is 23.2 Å². The quantitative estimate of drug-likeness (QED) is 0.741. The molecule has 0 aliphatic carbocycles. The van der Waals surface area contributed by atoms with Crippen molar-refractivity contribution in [2.24, 2.45) is 10.7 Å². The highest BCUT2D eigenvalue weighted by Crippen LogP contribution is 2.38. The molecule has 2 aromatic carbocycles. The van der Waals surface area contributed by atoms with Gasteiger partial charge >= 0.3 is 0 Å². The van der Waals surface area contributed by atoms with Gasteiger partial charge in [-0.3, -0.25) is 4.99 Å². The molecule has 3 aliphatic rings. The highest BCUT2D eigenvalue weighted by molar-refractivity contribution is 7.98. The molecule has 0 saturated heterocycles. The van der Waals surface area contributed by atoms with Crippen molar-refractivity contribution >= 4 is 27.7 Å². The number of thioether (sulfide) groups is 1. The van der Waals surface area contributed by atoms with Crippen molar-refractivity contribution in [3.05, 3.63) is 53.6 Å². The van der Waals surface area contributed by atoms with Gasteiger partial charge in [-0.2, -0.15) is 0 Å². The Hall–Kier alpha value is -2.03. The summed E-state index contributed by atoms with van der Waals surface area (Å²) in [6.07, 6.45) is 3.47. The van der Waals surface area contributed by atoms with Gasteiger partial charge in [0, 0.05) is 23.6 Å². The van der Waals surface area contributed by atoms with Crippen molar-refractivity contribution < 1.29 is 17.7 Å². The van der Waals surface area contributed by atoms with Crippen LogP contribution in [-0.4, -0.2) is 32.5 Å². The normalized spacial score (nSPS) is 14.8. The lowest BCUT2D eigenvalue weighted by molar-refractivity contribution is 0.403. The van der Waals surface area contributed by atoms with Crippen LogP contribution < -0.4 is 10.5 Å². The van der Waals surface area contributed by atoms with E-state index >= 15 is 0 Å². The average Bonchev–Trinajstić information content (AvgIpc) is 2.70. The summed E-state index contributed by atoms with van der Waals surface area (Å²) in [6.45, 7) is 2.77. The number of nitrogens with two attached hydrogens (primary N) is 1. The van der Waals surface area contributed by atoms with Crippen molar-refractivity contribution in [3.63, 3.8) is 0 Å². The zero-order chi connectivity index (χ0) is 20.6. The number of hydrogen-bond donors (Lipinski definition) is 1. The third-order valence-corrected chi connectivity index (χ3v) is 6.06. The fourth-order valence-electron chi connectivity index (χ4n) is 2.51. The molecule has 0 amide bonds. The Balaban J connectivity index is 0.000000154. The standard InChI is InChI=1S/C8H8OS.C7H8O3S.C5H10N2/c1-9-7-4-6-2-3-8(7)10-5-6;1-6-2-4-7(5-3-6)11(8,9)10;6-5-3-1-2-4-7-5/h2-4H,5H2,1H3;2-5H,1H3,(H,8,9,10);1-4H2,(H2,6,7)/p-1. The van der Waals surface area contributed by atoms with Crippen LogP contribution in [0.4, 0.5) is 0 Å². The number of fused-ring (bicyclic) bond motifs is 3. The van der Waals surface area contributed by atoms with Crippen molar-refractivity contribution in [3.8, 4) is 5.75 Å². The summed E-state index contributed by atoms with van der Waals surface area (Å²) in [5, 5.41) is 0. The summed E-state index contributed by atoms with van der Waals surface area (Å²) >= 11 is 1.85. The van der Waals surface area contributed by atoms with E-state index in [1.807, 2.05) is 18.7 Å². The molecule has 0 spiro atoms. The highest BCUT2D eigenvalue weighted by atomic mass is 32.2. The van der Waals surface area contributed by atoms with Gasteiger partial charge in [0.05, 0.1) is 17.8 Å². The summed E-state index contributed by atoms with van der Waals surface area (Å²) in [5.74, 6) is 2.97. The van der Waals surface area contributed by atoms with E-state index in [1.54, 1.807) is 19.2 Å². The van der Waals surface area contributed by atoms with E-state index in [9.17, 15) is 13.0 Å². The van der Waals surface area contributed by atoms with Crippen LogP contribution in [0, 0.1) is 6.92 Å². The van der Waals surface area contributed by atoms with E-state index in [4.69, 9.17) is 10.5 Å². The molecule has 3 heterocycles. The molecule has 3 aliphatic heterocycles. The maximum atomic E-state index is 10.4. The molecule has 5 rings (SSSR count). The molecule has 6 nitrogen and oxygen atoms in total. The number of methoxy groups -OCH3 is 1. The lowest BCUT2D eigenvalue weighted by Crippen LogP contribution is -2.15. The zero-order valence-corrected chi connectivity index (χ0v) is 17.7. The van der Waals surface area contributed by atoms with Crippen LogP contribution in [0.25, 0.3) is 0 Å². The minimum Gasteiger partial charge on any atom is -0.744 e. The molecule has 0 fully saturated rings. The second-order valence-corrected chi connectivity index (χ2v) is 8.77. The Morgan fingerprint density at radius 2 is 1.86 bits per heavy atom. The Kier molecular flexibility index (Phi) is 8.35. The summed E-state index contributed by atoms with van der Waals surface area (Å²) < 4.78 is 36.3. The number of rotatable bonds is 2. The minimum absolute atomic E-state index is 0.178. The Morgan fingerprint density at radius 3 is 2.18 bits per heavy atom. The average molecular weight is 422 g/mol. The van der Waals surface area contributed by atoms with E-state index < -0.39 is 10.1 Å². The van der Waals surface area contributed by atoms with Crippen LogP contribution in [0.1, 0.15) is 30.4 Å². The maximum Gasteiger partial charge on any atom is 0.132 e. The van der Waals surface area contributed by atoms with Gasteiger partial charge in [0.25, 0.3) is 0 Å². The van der Waals surface area contributed by atoms with Crippen LogP contribution in [-0.2, 0) is 15.9 Å². The summed E-state index contributed by atoms with van der Waals surface area (Å²) in [5.41, 5.74) is 7.67. The van der Waals surface area contributed by atoms with Gasteiger partial charge in [-0.25, -0.2) is 8.42 Å². The highest BCUT2D eigenvalue weighted by Gasteiger charge is 2.10. The number of aliphatic imine (C=N–C) groups is 1. The molecule has 0 radical (unpaired) electrons. The predicted octanol–water partition coefficient (Wildman–Crippen LogP) is 3.73. The van der Waals surface area contributed by atoms with Gasteiger partial charge in [-0.05, 0) is 49.6 Å². The first kappa shape index (κ1) is 22.3. The molecule has 0 aromatic heterocycles. The van der Waals surface area contributed by atoms with E-state index in [1.165, 1.54) is 35.4 Å². The summed E-state index contributed by atoms with van der Waals surface area (Å²) in [7, 11) is -2.55. The monoisotopic (exact) mass is 421 g/mol. The lowest BCUT2D eigenvalue weighted by atomic mass is 10.2. The first-order chi connectivity index (χ1) is 13.3. The van der Waals surface area contributed by atoms with Crippen LogP contribution in [0.3, 0.4) is 0 Å². The van der Waals surface area contributed by atoms with Crippen LogP contribution in [0.15, 0.2) is 57.2 Å². The van der Waals surface area contributed by atoms with Crippen LogP contribution >= 0.6 is 11.8 Å². The Morgan fingerprint density at radius 1 is 1.14 bits per heavy atom. The van der Waals surface area contributed by atoms with Crippen LogP contribution in [0.5, 0.6) is 5.75 Å². The molecule has 0 saturated carbocycles. The Bertz CT molecular complexity index is 910. The molecular formula is C20H25N2O4S2-. The van der Waals surface area contributed by atoms with Gasteiger partial charge in [0.1, 0.15) is 15.9 Å². The third kappa shape index (κ3) is 7.18. The number of hydrogen-bond acceptors (Lipinski definition) is 7. The maximum absolute atomic E-state index is 10.4. The van der Waals surface area contributed by atoms with Crippen molar-refractivity contribution in [2.45, 2.75) is 41.7 Å². The number of amidine groups is 1. The molecule has 28 heavy (non-hydrogen) atoms. The zero-order valence-electron chi connectivity index (χ0n) is 16.1. The molecule has 8 heteroatoms. The minimum atomic E-state index is -4.27. The molecular weight excluding hydrogens is 396 g/mol. The van der Waals surface area contributed by atoms with Crippen molar-refractivity contribution in [2.75, 3.05) is 13.7 Å². The fraction of sp³-hybridized carbons (Fsp3) is 0.350. The van der Waals surface area contributed by atoms with E-state index in [0.29, 0.717) is 0 Å². The second-order valence-electron chi connectivity index (χ2n) is 6.37. The van der Waals surface area contributed by atoms with Gasteiger partial charge in [-0.15, -0.1) is 11.8 Å². The first-order valence-electron chi connectivity index (χ1n) is 8.90. The topological polar surface area (TPSA) is 105 Å². The smallest absolute Gasteiger partial charge is 0.132 e. The number of ether oxygens (including phenoxy) is 1. The molecule has 152 valence electrons. The third-order valence-electron chi connectivity index (χ3n) is 4.09. The number of benzene rings is 2. The number of nitrogens with zero attached hydrogens (tertiary/aromatic N) is 1. The SMILES string of the molecule is COc1cc2ccc1SC2.Cc1ccc(S(=O)(=O)[O-])cc1.NC1=NCCCC1. The summed E-state index contributed by atoms with van der Waals surface area (Å²) in [4.78, 5) is 5.11. The second kappa shape index (κ2) is 10.5. The van der Waals surface area contributed by atoms with Gasteiger partial charge < -0.3 is 15.0 Å². The van der Waals surface area contributed by atoms with E-state index in [0.717, 1.165) is 35.9 Å². The molecule has 2 bridgehead atoms. The fourth-order valence-corrected chi connectivity index (χ4v) is 3.93. The Labute approximate surface area is 171 Å². The molecule has 2 aromatic rings. The van der Waals surface area contributed by atoms with Crippen molar-refractivity contribution in [1.82, 2.24) is 0 Å². The van der Waals surface area contributed by atoms with Crippen LogP contribution in [0.2, 0.25) is 0 Å². The lowest BCUT2D eigenvalue weighted by Gasteiger charge is -2.15. The molecule has 0 atom stereocenters. The van der Waals surface area contributed by atoms with Gasteiger partial charge in [0.2, 0.25) is 0 Å². The first-order valence-corrected chi connectivity index (χ1v) is 11.3. The largest absolute Gasteiger partial charge is 0.744 e. The van der Waals surface area contributed by atoms with Gasteiger partial charge in [0.15, 0.2) is 0 Å². The van der Waals surface area contributed by atoms with Gasteiger partial charge in [-0.1, -0.05) is 23.8 Å². The number of aryl methyl sites for hydroxylation is 1. The predicted molar refractivity (Wildman–Crippen MR) is 112 cm³/mol. The van der Waals surface area contributed by atoms with E-state index in [-0.39, 0.29) is 4.90 Å².